The molecule has 62 heavy (non-hydrogen) atoms. The minimum atomic E-state index is 0. The molecule has 8 nitrogen and oxygen atoms in total. The average molecular weight is 865 g/mol. The van der Waals surface area contributed by atoms with Crippen molar-refractivity contribution >= 4 is 5.69 Å². The topological polar surface area (TPSA) is 49.9 Å². The summed E-state index contributed by atoms with van der Waals surface area (Å²) >= 11 is 0. The molecule has 356 valence electrons. The highest BCUT2D eigenvalue weighted by atomic mass is 16.5. The lowest BCUT2D eigenvalue weighted by Gasteiger charge is -2.29. The van der Waals surface area contributed by atoms with Crippen molar-refractivity contribution in [1.82, 2.24) is 14.7 Å². The molecule has 0 saturated carbocycles. The molecule has 3 aliphatic heterocycles. The molecule has 0 N–H and O–H groups in total. The SMILES string of the molecule is C.CC.CC.CC.CC(C)c1ccc(OCCN2CCCCC2)cc1.CC(C)c1cccc(N(C)CCN2CCOCC2)c1.CC(C)c1cccc(OCCN2CCOCC2)c1. The predicted molar refractivity (Wildman–Crippen MR) is 271 cm³/mol. The number of rotatable bonds is 15. The van der Waals surface area contributed by atoms with Crippen molar-refractivity contribution in [2.45, 2.75) is 128 Å². The molecule has 6 rings (SSSR count). The number of likely N-dealkylation sites (tertiary alicyclic amines) is 1. The molecule has 0 atom stereocenters. The first-order valence-electron chi connectivity index (χ1n) is 24.3. The van der Waals surface area contributed by atoms with Crippen LogP contribution in [0.2, 0.25) is 0 Å². The molecule has 0 radical (unpaired) electrons. The summed E-state index contributed by atoms with van der Waals surface area (Å²) in [4.78, 5) is 9.72. The van der Waals surface area contributed by atoms with Gasteiger partial charge in [0.1, 0.15) is 24.7 Å². The van der Waals surface area contributed by atoms with Gasteiger partial charge in [-0.3, -0.25) is 14.7 Å². The Morgan fingerprint density at radius 3 is 1.44 bits per heavy atom. The van der Waals surface area contributed by atoms with Gasteiger partial charge in [0, 0.05) is 65.1 Å². The molecular weight excluding hydrogens is 769 g/mol. The van der Waals surface area contributed by atoms with Crippen LogP contribution in [0.4, 0.5) is 5.69 Å². The standard InChI is InChI=1S/C16H26N2O.C16H25NO.C15H23NO2.3C2H6.CH4/c1-14(2)15-5-4-6-16(13-15)17(3)7-8-18-9-11-19-12-10-18;1-14(2)15-6-8-16(9-7-15)18-13-12-17-10-4-3-5-11-17;1-13(2)14-4-3-5-15(12-14)18-11-8-16-6-9-17-10-7-16;3*1-2;/h4-6,13-14H,7-12H2,1-3H3;6-9,14H,3-5,10-13H2,1-2H3;3-5,12-13H,6-11H2,1-2H3;3*1-2H3;1H4. The Labute approximate surface area is 383 Å². The zero-order chi connectivity index (χ0) is 45.3. The molecule has 0 aromatic heterocycles. The van der Waals surface area contributed by atoms with Crippen LogP contribution >= 0.6 is 0 Å². The highest BCUT2D eigenvalue weighted by molar-refractivity contribution is 5.48. The first-order valence-corrected chi connectivity index (χ1v) is 24.3. The molecule has 8 heteroatoms. The number of anilines is 1. The van der Waals surface area contributed by atoms with Crippen LogP contribution in [0.25, 0.3) is 0 Å². The third-order valence-corrected chi connectivity index (χ3v) is 10.8. The zero-order valence-corrected chi connectivity index (χ0v) is 41.5. The largest absolute Gasteiger partial charge is 0.492 e. The van der Waals surface area contributed by atoms with Gasteiger partial charge in [0.25, 0.3) is 0 Å². The Balaban J connectivity index is 0.000000841. The third-order valence-electron chi connectivity index (χ3n) is 10.8. The number of piperidine rings is 1. The number of ether oxygens (including phenoxy) is 4. The normalized spacial score (nSPS) is 15.4. The van der Waals surface area contributed by atoms with Crippen LogP contribution in [0.5, 0.6) is 11.5 Å². The van der Waals surface area contributed by atoms with Crippen LogP contribution in [0.1, 0.15) is 144 Å². The molecule has 0 bridgehead atoms. The van der Waals surface area contributed by atoms with Crippen molar-refractivity contribution in [2.24, 2.45) is 0 Å². The van der Waals surface area contributed by atoms with Gasteiger partial charge in [-0.1, -0.05) is 133 Å². The number of benzene rings is 3. The van der Waals surface area contributed by atoms with Crippen LogP contribution in [0.3, 0.4) is 0 Å². The summed E-state index contributed by atoms with van der Waals surface area (Å²) in [7, 11) is 2.18. The van der Waals surface area contributed by atoms with E-state index in [0.717, 1.165) is 103 Å². The molecule has 3 fully saturated rings. The quantitative estimate of drug-likeness (QED) is 0.150. The van der Waals surface area contributed by atoms with Gasteiger partial charge in [0.15, 0.2) is 0 Å². The summed E-state index contributed by atoms with van der Waals surface area (Å²) < 4.78 is 22.3. The summed E-state index contributed by atoms with van der Waals surface area (Å²) in [5, 5.41) is 0. The van der Waals surface area contributed by atoms with Gasteiger partial charge in [-0.2, -0.15) is 0 Å². The van der Waals surface area contributed by atoms with Crippen LogP contribution < -0.4 is 14.4 Å². The van der Waals surface area contributed by atoms with Crippen LogP contribution in [-0.2, 0) is 9.47 Å². The average Bonchev–Trinajstić information content (AvgIpc) is 3.32. The molecule has 3 aromatic carbocycles. The van der Waals surface area contributed by atoms with Crippen LogP contribution in [0.15, 0.2) is 72.8 Å². The fraction of sp³-hybridized carbons (Fsp3) is 0.667. The molecule has 3 heterocycles. The van der Waals surface area contributed by atoms with Crippen molar-refractivity contribution in [3.05, 3.63) is 89.5 Å². The number of morpholine rings is 2. The summed E-state index contributed by atoms with van der Waals surface area (Å²) in [6.45, 7) is 41.2. The minimum Gasteiger partial charge on any atom is -0.492 e. The van der Waals surface area contributed by atoms with Crippen molar-refractivity contribution in [2.75, 3.05) is 117 Å². The maximum atomic E-state index is 5.82. The van der Waals surface area contributed by atoms with Gasteiger partial charge in [-0.25, -0.2) is 0 Å². The van der Waals surface area contributed by atoms with Gasteiger partial charge in [-0.05, 0) is 96.8 Å². The minimum absolute atomic E-state index is 0. The van der Waals surface area contributed by atoms with E-state index in [1.165, 1.54) is 54.7 Å². The van der Waals surface area contributed by atoms with Crippen molar-refractivity contribution in [3.8, 4) is 11.5 Å². The van der Waals surface area contributed by atoms with Crippen LogP contribution in [-0.4, -0.2) is 127 Å². The Bertz CT molecular complexity index is 1430. The molecule has 0 spiro atoms. The van der Waals surface area contributed by atoms with E-state index in [2.05, 4.69) is 135 Å². The molecule has 0 unspecified atom stereocenters. The van der Waals surface area contributed by atoms with Crippen molar-refractivity contribution in [1.29, 1.82) is 0 Å². The van der Waals surface area contributed by atoms with Crippen molar-refractivity contribution in [3.63, 3.8) is 0 Å². The van der Waals surface area contributed by atoms with Gasteiger partial charge < -0.3 is 23.8 Å². The fourth-order valence-corrected chi connectivity index (χ4v) is 6.87. The first kappa shape index (κ1) is 58.9. The van der Waals surface area contributed by atoms with Crippen molar-refractivity contribution < 1.29 is 18.9 Å². The van der Waals surface area contributed by atoms with E-state index >= 15 is 0 Å². The Morgan fingerprint density at radius 2 is 0.935 bits per heavy atom. The molecule has 3 aromatic rings. The third kappa shape index (κ3) is 25.2. The van der Waals surface area contributed by atoms with E-state index < -0.39 is 0 Å². The summed E-state index contributed by atoms with van der Waals surface area (Å²) in [5.74, 6) is 3.71. The van der Waals surface area contributed by atoms with Gasteiger partial charge >= 0.3 is 0 Å². The highest BCUT2D eigenvalue weighted by Crippen LogP contribution is 2.22. The molecule has 3 aliphatic rings. The molecule has 0 amide bonds. The molecule has 0 aliphatic carbocycles. The van der Waals surface area contributed by atoms with E-state index in [0.29, 0.717) is 17.8 Å². The van der Waals surface area contributed by atoms with Crippen LogP contribution in [0, 0.1) is 0 Å². The summed E-state index contributed by atoms with van der Waals surface area (Å²) in [6, 6.07) is 25.8. The van der Waals surface area contributed by atoms with E-state index in [-0.39, 0.29) is 7.43 Å². The fourth-order valence-electron chi connectivity index (χ4n) is 6.87. The Kier molecular flexibility index (Phi) is 35.4. The molecule has 3 saturated heterocycles. The number of likely N-dealkylation sites (N-methyl/N-ethyl adjacent to an activating group) is 1. The molecular formula is C54H96N4O4. The Morgan fingerprint density at radius 1 is 0.500 bits per heavy atom. The highest BCUT2D eigenvalue weighted by Gasteiger charge is 2.13. The second-order valence-corrected chi connectivity index (χ2v) is 16.1. The van der Waals surface area contributed by atoms with Gasteiger partial charge in [0.2, 0.25) is 0 Å². The van der Waals surface area contributed by atoms with E-state index in [4.69, 9.17) is 18.9 Å². The van der Waals surface area contributed by atoms with E-state index in [9.17, 15) is 0 Å². The van der Waals surface area contributed by atoms with Gasteiger partial charge in [-0.15, -0.1) is 0 Å². The van der Waals surface area contributed by atoms with E-state index in [1.54, 1.807) is 0 Å². The monoisotopic (exact) mass is 865 g/mol. The first-order chi connectivity index (χ1) is 29.7. The second-order valence-electron chi connectivity index (χ2n) is 16.1. The second kappa shape index (κ2) is 37.3. The lowest BCUT2D eigenvalue weighted by atomic mass is 10.0. The van der Waals surface area contributed by atoms with E-state index in [1.807, 2.05) is 47.6 Å². The summed E-state index contributed by atoms with van der Waals surface area (Å²) in [6.07, 6.45) is 4.10. The zero-order valence-electron chi connectivity index (χ0n) is 41.5. The van der Waals surface area contributed by atoms with Gasteiger partial charge in [0.05, 0.1) is 26.4 Å². The lowest BCUT2D eigenvalue weighted by Crippen LogP contribution is -2.40. The summed E-state index contributed by atoms with van der Waals surface area (Å²) in [5.41, 5.74) is 5.44. The number of hydrogen-bond donors (Lipinski definition) is 0. The maximum Gasteiger partial charge on any atom is 0.119 e. The lowest BCUT2D eigenvalue weighted by molar-refractivity contribution is 0.0322. The predicted octanol–water partition coefficient (Wildman–Crippen LogP) is 12.5. The Hall–Kier alpha value is -3.14. The number of nitrogens with zero attached hydrogens (tertiary/aromatic N) is 4. The smallest absolute Gasteiger partial charge is 0.119 e. The maximum absolute atomic E-state index is 5.82. The number of hydrogen-bond acceptors (Lipinski definition) is 8.